The molecule has 0 fully saturated rings. The Morgan fingerprint density at radius 3 is 2.60 bits per heavy atom. The third-order valence-corrected chi connectivity index (χ3v) is 4.63. The van der Waals surface area contributed by atoms with E-state index in [2.05, 4.69) is 17.4 Å². The summed E-state index contributed by atoms with van der Waals surface area (Å²) in [6.45, 7) is 3.56. The van der Waals surface area contributed by atoms with Gasteiger partial charge in [0.2, 0.25) is 0 Å². The van der Waals surface area contributed by atoms with Gasteiger partial charge in [-0.05, 0) is 56.4 Å². The van der Waals surface area contributed by atoms with E-state index in [1.807, 2.05) is 31.2 Å². The number of carbonyl (C=O) groups is 2. The molecule has 2 aromatic carbocycles. The highest BCUT2D eigenvalue weighted by Crippen LogP contribution is 2.29. The largest absolute Gasteiger partial charge is 0.449 e. The highest BCUT2D eigenvalue weighted by atomic mass is 16.5. The first-order valence-electron chi connectivity index (χ1n) is 8.70. The van der Waals surface area contributed by atoms with Crippen molar-refractivity contribution < 1.29 is 14.3 Å². The second kappa shape index (κ2) is 7.51. The quantitative estimate of drug-likeness (QED) is 0.865. The van der Waals surface area contributed by atoms with Crippen LogP contribution in [-0.4, -0.2) is 18.0 Å². The standard InChI is InChI=1S/C21H23NO3/c1-14-10-12-17(13-11-14)21(24)25-15(2)20(23)22-19-9-5-7-16-6-3-4-8-18(16)19/h3-4,6,8,10-13,15,19H,5,7,9H2,1-2H3,(H,22,23)/t15-,19-/m0/s1. The summed E-state index contributed by atoms with van der Waals surface area (Å²) in [5, 5.41) is 3.02. The van der Waals surface area contributed by atoms with Crippen LogP contribution in [0.4, 0.5) is 0 Å². The maximum atomic E-state index is 12.5. The van der Waals surface area contributed by atoms with Gasteiger partial charge in [0.05, 0.1) is 11.6 Å². The summed E-state index contributed by atoms with van der Waals surface area (Å²) < 4.78 is 5.32. The van der Waals surface area contributed by atoms with Gasteiger partial charge in [0.25, 0.3) is 5.91 Å². The predicted octanol–water partition coefficient (Wildman–Crippen LogP) is 3.73. The minimum Gasteiger partial charge on any atom is -0.449 e. The molecule has 0 unspecified atom stereocenters. The minimum atomic E-state index is -0.831. The van der Waals surface area contributed by atoms with Crippen LogP contribution in [0.3, 0.4) is 0 Å². The van der Waals surface area contributed by atoms with Crippen LogP contribution in [0.5, 0.6) is 0 Å². The molecule has 0 saturated heterocycles. The molecule has 1 N–H and O–H groups in total. The zero-order chi connectivity index (χ0) is 17.8. The van der Waals surface area contributed by atoms with Gasteiger partial charge < -0.3 is 10.1 Å². The summed E-state index contributed by atoms with van der Waals surface area (Å²) in [6, 6.07) is 15.3. The molecule has 2 atom stereocenters. The fraction of sp³-hybridized carbons (Fsp3) is 0.333. The molecule has 0 radical (unpaired) electrons. The van der Waals surface area contributed by atoms with Crippen molar-refractivity contribution in [3.63, 3.8) is 0 Å². The Kier molecular flexibility index (Phi) is 5.17. The lowest BCUT2D eigenvalue weighted by Gasteiger charge is -2.27. The van der Waals surface area contributed by atoms with Gasteiger partial charge in [-0.2, -0.15) is 0 Å². The number of rotatable bonds is 4. The van der Waals surface area contributed by atoms with Gasteiger partial charge in [0.1, 0.15) is 0 Å². The van der Waals surface area contributed by atoms with Crippen molar-refractivity contribution in [2.24, 2.45) is 0 Å². The number of aryl methyl sites for hydroxylation is 2. The summed E-state index contributed by atoms with van der Waals surface area (Å²) >= 11 is 0. The van der Waals surface area contributed by atoms with E-state index in [-0.39, 0.29) is 11.9 Å². The monoisotopic (exact) mass is 337 g/mol. The zero-order valence-electron chi connectivity index (χ0n) is 14.6. The summed E-state index contributed by atoms with van der Waals surface area (Å²) in [5.41, 5.74) is 3.97. The Bertz CT molecular complexity index is 767. The first-order valence-corrected chi connectivity index (χ1v) is 8.70. The molecule has 0 heterocycles. The van der Waals surface area contributed by atoms with Gasteiger partial charge in [-0.25, -0.2) is 4.79 Å². The number of amides is 1. The molecule has 1 amide bonds. The number of esters is 1. The molecule has 0 bridgehead atoms. The summed E-state index contributed by atoms with van der Waals surface area (Å²) in [4.78, 5) is 24.6. The Labute approximate surface area is 148 Å². The number of hydrogen-bond acceptors (Lipinski definition) is 3. The van der Waals surface area contributed by atoms with E-state index in [0.29, 0.717) is 5.56 Å². The molecule has 0 aromatic heterocycles. The number of ether oxygens (including phenoxy) is 1. The summed E-state index contributed by atoms with van der Waals surface area (Å²) in [6.07, 6.45) is 2.16. The van der Waals surface area contributed by atoms with Crippen LogP contribution in [0.15, 0.2) is 48.5 Å². The Morgan fingerprint density at radius 1 is 1.12 bits per heavy atom. The van der Waals surface area contributed by atoms with E-state index in [9.17, 15) is 9.59 Å². The SMILES string of the molecule is Cc1ccc(C(=O)O[C@@H](C)C(=O)N[C@H]2CCCc3ccccc32)cc1. The lowest BCUT2D eigenvalue weighted by Crippen LogP contribution is -2.39. The molecule has 3 rings (SSSR count). The first-order chi connectivity index (χ1) is 12.0. The molecule has 0 spiro atoms. The van der Waals surface area contributed by atoms with E-state index in [1.54, 1.807) is 19.1 Å². The van der Waals surface area contributed by atoms with Crippen molar-refractivity contribution in [1.82, 2.24) is 5.32 Å². The fourth-order valence-electron chi connectivity index (χ4n) is 3.16. The molecule has 1 aliphatic rings. The Morgan fingerprint density at radius 2 is 1.84 bits per heavy atom. The van der Waals surface area contributed by atoms with Crippen molar-refractivity contribution >= 4 is 11.9 Å². The molecular weight excluding hydrogens is 314 g/mol. The number of hydrogen-bond donors (Lipinski definition) is 1. The maximum absolute atomic E-state index is 12.5. The number of carbonyl (C=O) groups excluding carboxylic acids is 2. The maximum Gasteiger partial charge on any atom is 0.338 e. The predicted molar refractivity (Wildman–Crippen MR) is 96.3 cm³/mol. The van der Waals surface area contributed by atoms with E-state index in [0.717, 1.165) is 24.8 Å². The topological polar surface area (TPSA) is 55.4 Å². The van der Waals surface area contributed by atoms with Crippen LogP contribution < -0.4 is 5.32 Å². The minimum absolute atomic E-state index is 0.0158. The van der Waals surface area contributed by atoms with Crippen LogP contribution in [-0.2, 0) is 16.0 Å². The molecule has 4 nitrogen and oxygen atoms in total. The van der Waals surface area contributed by atoms with E-state index < -0.39 is 12.1 Å². The van der Waals surface area contributed by atoms with Gasteiger partial charge >= 0.3 is 5.97 Å². The summed E-state index contributed by atoms with van der Waals surface area (Å²) in [5.74, 6) is -0.742. The molecule has 25 heavy (non-hydrogen) atoms. The Balaban J connectivity index is 1.62. The van der Waals surface area contributed by atoms with Crippen molar-refractivity contribution in [2.45, 2.75) is 45.3 Å². The molecule has 2 aromatic rings. The number of nitrogens with one attached hydrogen (secondary N) is 1. The highest BCUT2D eigenvalue weighted by molar-refractivity contribution is 5.92. The van der Waals surface area contributed by atoms with Crippen molar-refractivity contribution in [3.8, 4) is 0 Å². The Hall–Kier alpha value is -2.62. The molecule has 0 aliphatic heterocycles. The second-order valence-electron chi connectivity index (χ2n) is 6.57. The van der Waals surface area contributed by atoms with Crippen molar-refractivity contribution in [3.05, 3.63) is 70.8 Å². The normalized spacial score (nSPS) is 17.3. The molecule has 1 aliphatic carbocycles. The highest BCUT2D eigenvalue weighted by Gasteiger charge is 2.25. The average Bonchev–Trinajstić information content (AvgIpc) is 2.62. The van der Waals surface area contributed by atoms with Crippen LogP contribution in [0, 0.1) is 6.92 Å². The van der Waals surface area contributed by atoms with E-state index in [4.69, 9.17) is 4.74 Å². The van der Waals surface area contributed by atoms with E-state index >= 15 is 0 Å². The van der Waals surface area contributed by atoms with Gasteiger partial charge in [-0.1, -0.05) is 42.0 Å². The van der Waals surface area contributed by atoms with Gasteiger partial charge in [-0.15, -0.1) is 0 Å². The van der Waals surface area contributed by atoms with E-state index in [1.165, 1.54) is 11.1 Å². The lowest BCUT2D eigenvalue weighted by molar-refractivity contribution is -0.130. The van der Waals surface area contributed by atoms with Crippen molar-refractivity contribution in [1.29, 1.82) is 0 Å². The molecule has 130 valence electrons. The third-order valence-electron chi connectivity index (χ3n) is 4.63. The van der Waals surface area contributed by atoms with Crippen LogP contribution in [0.25, 0.3) is 0 Å². The summed E-state index contributed by atoms with van der Waals surface area (Å²) in [7, 11) is 0. The van der Waals surface area contributed by atoms with Gasteiger partial charge in [0, 0.05) is 0 Å². The van der Waals surface area contributed by atoms with Crippen molar-refractivity contribution in [2.75, 3.05) is 0 Å². The average molecular weight is 337 g/mol. The van der Waals surface area contributed by atoms with Gasteiger partial charge in [0.15, 0.2) is 6.10 Å². The molecule has 4 heteroatoms. The molecule has 0 saturated carbocycles. The smallest absolute Gasteiger partial charge is 0.338 e. The van der Waals surface area contributed by atoms with Crippen LogP contribution in [0.2, 0.25) is 0 Å². The molecular formula is C21H23NO3. The zero-order valence-corrected chi connectivity index (χ0v) is 14.6. The lowest BCUT2D eigenvalue weighted by atomic mass is 9.87. The third kappa shape index (κ3) is 4.08. The first kappa shape index (κ1) is 17.2. The fourth-order valence-corrected chi connectivity index (χ4v) is 3.16. The second-order valence-corrected chi connectivity index (χ2v) is 6.57. The number of benzene rings is 2. The number of fused-ring (bicyclic) bond motifs is 1. The van der Waals surface area contributed by atoms with Crippen LogP contribution >= 0.6 is 0 Å². The van der Waals surface area contributed by atoms with Gasteiger partial charge in [-0.3, -0.25) is 4.79 Å². The van der Waals surface area contributed by atoms with Crippen LogP contribution in [0.1, 0.15) is 52.9 Å².